The van der Waals surface area contributed by atoms with Gasteiger partial charge in [0.05, 0.1) is 11.9 Å². The lowest BCUT2D eigenvalue weighted by atomic mass is 10.2. The maximum atomic E-state index is 12.1. The molecule has 3 rings (SSSR count). The number of anilines is 2. The molecule has 2 aliphatic rings. The van der Waals surface area contributed by atoms with E-state index in [9.17, 15) is 4.79 Å². The summed E-state index contributed by atoms with van der Waals surface area (Å²) >= 11 is 0. The lowest BCUT2D eigenvalue weighted by Crippen LogP contribution is -2.49. The number of nitrogen functional groups attached to an aromatic ring is 1. The molecule has 0 bridgehead atoms. The number of carbonyl (C=O) groups excluding carboxylic acids is 1. The lowest BCUT2D eigenvalue weighted by Gasteiger charge is -2.36. The van der Waals surface area contributed by atoms with E-state index in [1.54, 1.807) is 6.20 Å². The molecule has 2 N–H and O–H groups in total. The van der Waals surface area contributed by atoms with Crippen LogP contribution in [-0.2, 0) is 4.79 Å². The van der Waals surface area contributed by atoms with Gasteiger partial charge >= 0.3 is 0 Å². The van der Waals surface area contributed by atoms with E-state index in [1.807, 2.05) is 17.0 Å². The van der Waals surface area contributed by atoms with E-state index in [-0.39, 0.29) is 0 Å². The van der Waals surface area contributed by atoms with Gasteiger partial charge in [-0.1, -0.05) is 6.92 Å². The van der Waals surface area contributed by atoms with E-state index < -0.39 is 0 Å². The molecule has 0 radical (unpaired) electrons. The van der Waals surface area contributed by atoms with Crippen LogP contribution in [0.2, 0.25) is 0 Å². The molecular formula is C14H20N4O. The molecule has 2 fully saturated rings. The average molecular weight is 260 g/mol. The minimum absolute atomic E-state index is 0.296. The van der Waals surface area contributed by atoms with Crippen LogP contribution in [0.4, 0.5) is 11.5 Å². The van der Waals surface area contributed by atoms with Gasteiger partial charge in [0.1, 0.15) is 5.82 Å². The third-order valence-corrected chi connectivity index (χ3v) is 4.15. The fraction of sp³-hybridized carbons (Fsp3) is 0.571. The molecule has 1 aromatic heterocycles. The average Bonchev–Trinajstić information content (AvgIpc) is 3.16. The van der Waals surface area contributed by atoms with Crippen molar-refractivity contribution in [2.45, 2.75) is 13.3 Å². The summed E-state index contributed by atoms with van der Waals surface area (Å²) in [6.07, 6.45) is 2.87. The summed E-state index contributed by atoms with van der Waals surface area (Å²) in [6, 6.07) is 3.81. The van der Waals surface area contributed by atoms with E-state index in [0.717, 1.165) is 38.3 Å². The number of pyridine rings is 1. The van der Waals surface area contributed by atoms with Crippen molar-refractivity contribution in [3.8, 4) is 0 Å². The van der Waals surface area contributed by atoms with Crippen molar-refractivity contribution in [1.29, 1.82) is 0 Å². The fourth-order valence-corrected chi connectivity index (χ4v) is 2.67. The summed E-state index contributed by atoms with van der Waals surface area (Å²) in [4.78, 5) is 20.5. The molecule has 1 aromatic rings. The van der Waals surface area contributed by atoms with Crippen LogP contribution in [0.3, 0.4) is 0 Å². The van der Waals surface area contributed by atoms with Crippen molar-refractivity contribution in [2.24, 2.45) is 11.8 Å². The molecule has 0 aromatic carbocycles. The van der Waals surface area contributed by atoms with Gasteiger partial charge in [-0.2, -0.15) is 0 Å². The first-order valence-corrected chi connectivity index (χ1v) is 6.90. The van der Waals surface area contributed by atoms with Gasteiger partial charge in [0.15, 0.2) is 0 Å². The molecule has 2 heterocycles. The first-order valence-electron chi connectivity index (χ1n) is 6.90. The number of hydrogen-bond donors (Lipinski definition) is 1. The van der Waals surface area contributed by atoms with Crippen LogP contribution in [0.1, 0.15) is 13.3 Å². The van der Waals surface area contributed by atoms with Gasteiger partial charge in [-0.15, -0.1) is 0 Å². The Kier molecular flexibility index (Phi) is 3.05. The summed E-state index contributed by atoms with van der Waals surface area (Å²) in [7, 11) is 0. The van der Waals surface area contributed by atoms with Crippen LogP contribution in [0.15, 0.2) is 18.3 Å². The molecule has 1 aliphatic heterocycles. The zero-order chi connectivity index (χ0) is 13.4. The molecule has 1 saturated heterocycles. The minimum atomic E-state index is 0.296. The van der Waals surface area contributed by atoms with Gasteiger partial charge in [0, 0.05) is 32.1 Å². The Bertz CT molecular complexity index is 465. The van der Waals surface area contributed by atoms with Crippen LogP contribution in [0.25, 0.3) is 0 Å². The highest BCUT2D eigenvalue weighted by molar-refractivity contribution is 5.81. The standard InChI is InChI=1S/C14H20N4O/c1-10-8-12(10)14(19)18-6-4-17(5-7-18)11-2-3-13(15)16-9-11/h2-3,9-10,12H,4-8H2,1H3,(H2,15,16). The van der Waals surface area contributed by atoms with Crippen molar-refractivity contribution in [3.05, 3.63) is 18.3 Å². The number of carbonyl (C=O) groups is 1. The quantitative estimate of drug-likeness (QED) is 0.860. The fourth-order valence-electron chi connectivity index (χ4n) is 2.67. The lowest BCUT2D eigenvalue weighted by molar-refractivity contribution is -0.133. The normalized spacial score (nSPS) is 26.4. The molecule has 1 amide bonds. The van der Waals surface area contributed by atoms with Crippen molar-refractivity contribution in [2.75, 3.05) is 36.8 Å². The molecule has 2 unspecified atom stereocenters. The largest absolute Gasteiger partial charge is 0.384 e. The number of aromatic nitrogens is 1. The van der Waals surface area contributed by atoms with Crippen LogP contribution in [0, 0.1) is 11.8 Å². The number of nitrogens with two attached hydrogens (primary N) is 1. The van der Waals surface area contributed by atoms with Gasteiger partial charge < -0.3 is 15.5 Å². The van der Waals surface area contributed by atoms with Gasteiger partial charge in [-0.3, -0.25) is 4.79 Å². The van der Waals surface area contributed by atoms with Gasteiger partial charge in [-0.25, -0.2) is 4.98 Å². The van der Waals surface area contributed by atoms with Crippen molar-refractivity contribution in [3.63, 3.8) is 0 Å². The zero-order valence-electron chi connectivity index (χ0n) is 11.2. The van der Waals surface area contributed by atoms with Crippen LogP contribution < -0.4 is 10.6 Å². The van der Waals surface area contributed by atoms with Gasteiger partial charge in [-0.05, 0) is 24.5 Å². The molecule has 5 nitrogen and oxygen atoms in total. The molecule has 1 aliphatic carbocycles. The number of rotatable bonds is 2. The summed E-state index contributed by atoms with van der Waals surface area (Å²) < 4.78 is 0. The number of nitrogens with zero attached hydrogens (tertiary/aromatic N) is 3. The first-order chi connectivity index (χ1) is 9.15. The monoisotopic (exact) mass is 260 g/mol. The van der Waals surface area contributed by atoms with E-state index in [4.69, 9.17) is 5.73 Å². The zero-order valence-corrected chi connectivity index (χ0v) is 11.2. The Balaban J connectivity index is 1.57. The number of hydrogen-bond acceptors (Lipinski definition) is 4. The highest BCUT2D eigenvalue weighted by atomic mass is 16.2. The second kappa shape index (κ2) is 4.72. The van der Waals surface area contributed by atoms with Crippen LogP contribution in [0.5, 0.6) is 0 Å². The van der Waals surface area contributed by atoms with E-state index >= 15 is 0 Å². The predicted molar refractivity (Wildman–Crippen MR) is 74.7 cm³/mol. The molecule has 2 atom stereocenters. The summed E-state index contributed by atoms with van der Waals surface area (Å²) in [5, 5.41) is 0. The smallest absolute Gasteiger partial charge is 0.226 e. The SMILES string of the molecule is CC1CC1C(=O)N1CCN(c2ccc(N)nc2)CC1. The van der Waals surface area contributed by atoms with Crippen LogP contribution >= 0.6 is 0 Å². The molecule has 0 spiro atoms. The molecule has 1 saturated carbocycles. The van der Waals surface area contributed by atoms with E-state index in [1.165, 1.54) is 0 Å². The highest BCUT2D eigenvalue weighted by Gasteiger charge is 2.41. The third-order valence-electron chi connectivity index (χ3n) is 4.15. The minimum Gasteiger partial charge on any atom is -0.384 e. The Morgan fingerprint density at radius 2 is 2.00 bits per heavy atom. The summed E-state index contributed by atoms with van der Waals surface area (Å²) in [6.45, 7) is 5.52. The van der Waals surface area contributed by atoms with Crippen molar-refractivity contribution < 1.29 is 4.79 Å². The van der Waals surface area contributed by atoms with Gasteiger partial charge in [0.25, 0.3) is 0 Å². The summed E-state index contributed by atoms with van der Waals surface area (Å²) in [5.41, 5.74) is 6.67. The summed E-state index contributed by atoms with van der Waals surface area (Å²) in [5.74, 6) is 1.78. The highest BCUT2D eigenvalue weighted by Crippen LogP contribution is 2.39. The number of piperazine rings is 1. The molecule has 5 heteroatoms. The molecular weight excluding hydrogens is 240 g/mol. The Morgan fingerprint density at radius 3 is 2.53 bits per heavy atom. The van der Waals surface area contributed by atoms with E-state index in [0.29, 0.717) is 23.6 Å². The maximum Gasteiger partial charge on any atom is 0.226 e. The molecule has 102 valence electrons. The molecule has 19 heavy (non-hydrogen) atoms. The second-order valence-corrected chi connectivity index (χ2v) is 5.57. The predicted octanol–water partition coefficient (Wildman–Crippen LogP) is 0.968. The Labute approximate surface area is 113 Å². The van der Waals surface area contributed by atoms with Gasteiger partial charge in [0.2, 0.25) is 5.91 Å². The van der Waals surface area contributed by atoms with Crippen molar-refractivity contribution >= 4 is 17.4 Å². The Morgan fingerprint density at radius 1 is 1.32 bits per heavy atom. The Hall–Kier alpha value is -1.78. The maximum absolute atomic E-state index is 12.1. The van der Waals surface area contributed by atoms with Crippen LogP contribution in [-0.4, -0.2) is 42.0 Å². The van der Waals surface area contributed by atoms with E-state index in [2.05, 4.69) is 16.8 Å². The topological polar surface area (TPSA) is 62.5 Å². The second-order valence-electron chi connectivity index (χ2n) is 5.57. The third kappa shape index (κ3) is 2.50. The first kappa shape index (κ1) is 12.3. The van der Waals surface area contributed by atoms with Crippen molar-refractivity contribution in [1.82, 2.24) is 9.88 Å². The number of amides is 1.